The lowest BCUT2D eigenvalue weighted by Gasteiger charge is -2.27. The summed E-state index contributed by atoms with van der Waals surface area (Å²) in [7, 11) is 0. The molecule has 0 spiro atoms. The minimum Gasteiger partial charge on any atom is -0.409 e. The van der Waals surface area contributed by atoms with E-state index in [0.29, 0.717) is 6.42 Å². The quantitative estimate of drug-likeness (QED) is 0.322. The van der Waals surface area contributed by atoms with Gasteiger partial charge in [-0.3, -0.25) is 4.90 Å². The first-order chi connectivity index (χ1) is 7.26. The van der Waals surface area contributed by atoms with E-state index in [1.165, 1.54) is 4.90 Å². The van der Waals surface area contributed by atoms with Crippen molar-refractivity contribution in [1.29, 1.82) is 0 Å². The van der Waals surface area contributed by atoms with Crippen LogP contribution in [-0.4, -0.2) is 41.3 Å². The maximum Gasteiger partial charge on any atom is 0.401 e. The summed E-state index contributed by atoms with van der Waals surface area (Å²) in [5, 5.41) is 11.0. The Morgan fingerprint density at radius 3 is 2.38 bits per heavy atom. The van der Waals surface area contributed by atoms with Crippen LogP contribution in [0.3, 0.4) is 0 Å². The second kappa shape index (κ2) is 6.57. The minimum absolute atomic E-state index is 0.0377. The maximum absolute atomic E-state index is 12.2. The average Bonchev–Trinajstić information content (AvgIpc) is 2.13. The number of nitrogens with two attached hydrogens (primary N) is 1. The predicted octanol–water partition coefficient (Wildman–Crippen LogP) is 1.79. The summed E-state index contributed by atoms with van der Waals surface area (Å²) in [5.41, 5.74) is 5.22. The summed E-state index contributed by atoms with van der Waals surface area (Å²) in [6, 6.07) is -0.186. The van der Waals surface area contributed by atoms with Gasteiger partial charge >= 0.3 is 6.18 Å². The lowest BCUT2D eigenvalue weighted by Crippen LogP contribution is -2.39. The SMILES string of the molecule is CC(C)N(CCCC(N)=NO)CC(F)(F)F. The molecule has 0 aromatic rings. The molecule has 0 bridgehead atoms. The molecule has 0 aliphatic carbocycles. The van der Waals surface area contributed by atoms with Crippen LogP contribution in [0.4, 0.5) is 13.2 Å². The summed E-state index contributed by atoms with van der Waals surface area (Å²) < 4.78 is 36.6. The van der Waals surface area contributed by atoms with E-state index in [1.807, 2.05) is 0 Å². The van der Waals surface area contributed by atoms with Gasteiger partial charge in [-0.25, -0.2) is 0 Å². The average molecular weight is 241 g/mol. The third-order valence-corrected chi connectivity index (χ3v) is 2.12. The number of nitrogens with zero attached hydrogens (tertiary/aromatic N) is 2. The Hall–Kier alpha value is -0.980. The van der Waals surface area contributed by atoms with Crippen molar-refractivity contribution in [2.75, 3.05) is 13.1 Å². The van der Waals surface area contributed by atoms with Crippen molar-refractivity contribution in [2.45, 2.75) is 38.9 Å². The highest BCUT2D eigenvalue weighted by Crippen LogP contribution is 2.18. The number of rotatable bonds is 6. The standard InChI is InChI=1S/C9H18F3N3O/c1-7(2)15(6-9(10,11)12)5-3-4-8(13)14-16/h7,16H,3-6H2,1-2H3,(H2,13,14). The monoisotopic (exact) mass is 241 g/mol. The minimum atomic E-state index is -4.19. The number of hydrogen-bond donors (Lipinski definition) is 2. The molecule has 0 heterocycles. The molecule has 0 aliphatic heterocycles. The van der Waals surface area contributed by atoms with E-state index >= 15 is 0 Å². The molecule has 0 aromatic carbocycles. The van der Waals surface area contributed by atoms with Crippen molar-refractivity contribution in [3.63, 3.8) is 0 Å². The Morgan fingerprint density at radius 1 is 1.44 bits per heavy atom. The van der Waals surface area contributed by atoms with Gasteiger partial charge in [0.25, 0.3) is 0 Å². The second-order valence-corrected chi connectivity index (χ2v) is 3.87. The summed E-state index contributed by atoms with van der Waals surface area (Å²) in [6.45, 7) is 2.75. The van der Waals surface area contributed by atoms with Gasteiger partial charge < -0.3 is 10.9 Å². The number of oxime groups is 1. The topological polar surface area (TPSA) is 61.8 Å². The first kappa shape index (κ1) is 15.0. The van der Waals surface area contributed by atoms with E-state index < -0.39 is 12.7 Å². The van der Waals surface area contributed by atoms with Crippen LogP contribution in [0.25, 0.3) is 0 Å². The van der Waals surface area contributed by atoms with Crippen LogP contribution in [0.1, 0.15) is 26.7 Å². The van der Waals surface area contributed by atoms with Gasteiger partial charge in [-0.1, -0.05) is 5.16 Å². The fourth-order valence-electron chi connectivity index (χ4n) is 1.26. The smallest absolute Gasteiger partial charge is 0.401 e. The lowest BCUT2D eigenvalue weighted by molar-refractivity contribution is -0.149. The molecule has 0 radical (unpaired) electrons. The predicted molar refractivity (Wildman–Crippen MR) is 55.4 cm³/mol. The van der Waals surface area contributed by atoms with E-state index in [2.05, 4.69) is 5.16 Å². The van der Waals surface area contributed by atoms with E-state index in [9.17, 15) is 13.2 Å². The van der Waals surface area contributed by atoms with Crippen LogP contribution in [0.5, 0.6) is 0 Å². The highest BCUT2D eigenvalue weighted by molar-refractivity contribution is 5.79. The number of alkyl halides is 3. The van der Waals surface area contributed by atoms with Gasteiger partial charge in [0, 0.05) is 12.5 Å². The van der Waals surface area contributed by atoms with Gasteiger partial charge in [0.2, 0.25) is 0 Å². The zero-order chi connectivity index (χ0) is 12.8. The van der Waals surface area contributed by atoms with Crippen LogP contribution in [0.2, 0.25) is 0 Å². The van der Waals surface area contributed by atoms with Crippen molar-refractivity contribution in [2.24, 2.45) is 10.9 Å². The summed E-state index contributed by atoms with van der Waals surface area (Å²) in [4.78, 5) is 1.31. The van der Waals surface area contributed by atoms with Gasteiger partial charge in [-0.2, -0.15) is 13.2 Å². The van der Waals surface area contributed by atoms with Crippen molar-refractivity contribution in [3.8, 4) is 0 Å². The van der Waals surface area contributed by atoms with E-state index in [-0.39, 0.29) is 24.8 Å². The van der Waals surface area contributed by atoms with Crippen LogP contribution >= 0.6 is 0 Å². The Kier molecular flexibility index (Phi) is 6.17. The zero-order valence-electron chi connectivity index (χ0n) is 9.46. The Bertz CT molecular complexity index is 229. The molecule has 0 aliphatic rings. The third-order valence-electron chi connectivity index (χ3n) is 2.12. The van der Waals surface area contributed by atoms with Crippen molar-refractivity contribution >= 4 is 5.84 Å². The maximum atomic E-state index is 12.2. The Balaban J connectivity index is 4.05. The van der Waals surface area contributed by atoms with Gasteiger partial charge in [0.1, 0.15) is 5.84 Å². The Morgan fingerprint density at radius 2 is 2.00 bits per heavy atom. The van der Waals surface area contributed by atoms with Crippen LogP contribution in [0.15, 0.2) is 5.16 Å². The van der Waals surface area contributed by atoms with E-state index in [0.717, 1.165) is 0 Å². The van der Waals surface area contributed by atoms with Crippen LogP contribution in [-0.2, 0) is 0 Å². The number of hydrogen-bond acceptors (Lipinski definition) is 3. The molecule has 96 valence electrons. The highest BCUT2D eigenvalue weighted by atomic mass is 19.4. The van der Waals surface area contributed by atoms with Crippen LogP contribution in [0, 0.1) is 0 Å². The van der Waals surface area contributed by atoms with Gasteiger partial charge in [-0.15, -0.1) is 0 Å². The van der Waals surface area contributed by atoms with E-state index in [1.54, 1.807) is 13.8 Å². The van der Waals surface area contributed by atoms with Gasteiger partial charge in [-0.05, 0) is 26.8 Å². The largest absolute Gasteiger partial charge is 0.409 e. The molecule has 0 amide bonds. The molecule has 0 saturated heterocycles. The molecule has 0 saturated carbocycles. The first-order valence-electron chi connectivity index (χ1n) is 5.03. The third kappa shape index (κ3) is 7.33. The molecule has 0 atom stereocenters. The second-order valence-electron chi connectivity index (χ2n) is 3.87. The fraction of sp³-hybridized carbons (Fsp3) is 0.889. The molecular weight excluding hydrogens is 223 g/mol. The molecule has 0 fully saturated rings. The fourth-order valence-corrected chi connectivity index (χ4v) is 1.26. The van der Waals surface area contributed by atoms with Crippen molar-refractivity contribution in [3.05, 3.63) is 0 Å². The van der Waals surface area contributed by atoms with Crippen LogP contribution < -0.4 is 5.73 Å². The number of halogens is 3. The summed E-state index contributed by atoms with van der Waals surface area (Å²) >= 11 is 0. The van der Waals surface area contributed by atoms with E-state index in [4.69, 9.17) is 10.9 Å². The summed E-state index contributed by atoms with van der Waals surface area (Å²) in [5.74, 6) is 0.0377. The molecule has 3 N–H and O–H groups in total. The summed E-state index contributed by atoms with van der Waals surface area (Å²) in [6.07, 6.45) is -3.47. The zero-order valence-corrected chi connectivity index (χ0v) is 9.46. The lowest BCUT2D eigenvalue weighted by atomic mass is 10.2. The Labute approximate surface area is 92.9 Å². The number of amidine groups is 1. The van der Waals surface area contributed by atoms with Gasteiger partial charge in [0.05, 0.1) is 6.54 Å². The highest BCUT2D eigenvalue weighted by Gasteiger charge is 2.31. The molecule has 0 rings (SSSR count). The molecule has 0 unspecified atom stereocenters. The van der Waals surface area contributed by atoms with Crippen molar-refractivity contribution < 1.29 is 18.4 Å². The first-order valence-corrected chi connectivity index (χ1v) is 5.03. The molecule has 7 heteroatoms. The van der Waals surface area contributed by atoms with Gasteiger partial charge in [0.15, 0.2) is 0 Å². The van der Waals surface area contributed by atoms with Crippen molar-refractivity contribution in [1.82, 2.24) is 4.90 Å². The molecule has 4 nitrogen and oxygen atoms in total. The molecule has 0 aromatic heterocycles. The normalized spacial score (nSPS) is 13.8. The molecule has 16 heavy (non-hydrogen) atoms. The molecular formula is C9H18F3N3O.